The Morgan fingerprint density at radius 3 is 2.16 bits per heavy atom. The minimum atomic E-state index is -1.82. The molecule has 3 heterocycles. The van der Waals surface area contributed by atoms with E-state index < -0.39 is 11.9 Å². The fraction of sp³-hybridized carbons (Fsp3) is 0.636. The molecular formula is C11H16N4O4. The highest BCUT2D eigenvalue weighted by Gasteiger charge is 2.46. The van der Waals surface area contributed by atoms with E-state index in [-0.39, 0.29) is 0 Å². The van der Waals surface area contributed by atoms with Crippen LogP contribution in [0.2, 0.25) is 0 Å². The molecule has 2 fully saturated rings. The smallest absolute Gasteiger partial charge is 0.414 e. The van der Waals surface area contributed by atoms with Crippen LogP contribution in [-0.4, -0.2) is 61.7 Å². The van der Waals surface area contributed by atoms with Gasteiger partial charge >= 0.3 is 11.9 Å². The first kappa shape index (κ1) is 13.5. The van der Waals surface area contributed by atoms with Gasteiger partial charge in [0.05, 0.1) is 11.9 Å². The molecule has 2 aliphatic heterocycles. The summed E-state index contributed by atoms with van der Waals surface area (Å²) in [6.45, 7) is 3.69. The molecule has 1 aromatic heterocycles. The van der Waals surface area contributed by atoms with E-state index in [9.17, 15) is 0 Å². The van der Waals surface area contributed by atoms with E-state index in [1.807, 2.05) is 13.2 Å². The van der Waals surface area contributed by atoms with Crippen molar-refractivity contribution in [1.82, 2.24) is 19.9 Å². The van der Waals surface area contributed by atoms with E-state index in [2.05, 4.69) is 15.1 Å². The van der Waals surface area contributed by atoms with E-state index in [1.165, 1.54) is 38.2 Å². The average molecular weight is 268 g/mol. The number of nitrogens with zero attached hydrogens (tertiary/aromatic N) is 4. The van der Waals surface area contributed by atoms with Crippen molar-refractivity contribution in [2.24, 2.45) is 7.05 Å². The van der Waals surface area contributed by atoms with Crippen LogP contribution in [0.15, 0.2) is 6.20 Å². The van der Waals surface area contributed by atoms with Crippen molar-refractivity contribution >= 4 is 11.9 Å². The van der Waals surface area contributed by atoms with Gasteiger partial charge in [0, 0.05) is 19.0 Å². The molecule has 8 nitrogen and oxygen atoms in total. The van der Waals surface area contributed by atoms with Gasteiger partial charge in [0.2, 0.25) is 0 Å². The Morgan fingerprint density at radius 1 is 1.26 bits per heavy atom. The Morgan fingerprint density at radius 2 is 1.84 bits per heavy atom. The number of fused-ring (bicyclic) bond motifs is 2. The Hall–Kier alpha value is -1.96. The maximum atomic E-state index is 9.10. The third-order valence-corrected chi connectivity index (χ3v) is 3.67. The maximum Gasteiger partial charge on any atom is 0.414 e. The lowest BCUT2D eigenvalue weighted by molar-refractivity contribution is -0.159. The number of hydrogen-bond acceptors (Lipinski definition) is 5. The molecule has 0 atom stereocenters. The number of carboxylic acid groups (broad SMARTS) is 2. The van der Waals surface area contributed by atoms with Gasteiger partial charge < -0.3 is 15.1 Å². The predicted molar refractivity (Wildman–Crippen MR) is 63.6 cm³/mol. The second-order valence-electron chi connectivity index (χ2n) is 4.89. The van der Waals surface area contributed by atoms with Crippen LogP contribution in [-0.2, 0) is 22.1 Å². The minimum Gasteiger partial charge on any atom is -0.473 e. The highest BCUT2D eigenvalue weighted by molar-refractivity contribution is 6.27. The Labute approximate surface area is 109 Å². The summed E-state index contributed by atoms with van der Waals surface area (Å²) in [5.74, 6) is -3.65. The molecule has 3 rings (SSSR count). The van der Waals surface area contributed by atoms with Gasteiger partial charge in [-0.1, -0.05) is 0 Å². The third kappa shape index (κ3) is 2.73. The summed E-state index contributed by atoms with van der Waals surface area (Å²) in [4.78, 5) is 22.4. The minimum absolute atomic E-state index is 0.355. The van der Waals surface area contributed by atoms with Crippen molar-refractivity contribution in [3.63, 3.8) is 0 Å². The number of carboxylic acids is 2. The lowest BCUT2D eigenvalue weighted by Gasteiger charge is -2.21. The molecule has 0 aliphatic carbocycles. The van der Waals surface area contributed by atoms with E-state index >= 15 is 0 Å². The second-order valence-corrected chi connectivity index (χ2v) is 4.89. The lowest BCUT2D eigenvalue weighted by Crippen LogP contribution is -2.25. The van der Waals surface area contributed by atoms with Crippen molar-refractivity contribution in [2.45, 2.75) is 18.3 Å². The Kier molecular flexibility index (Phi) is 3.52. The number of aliphatic carboxylic acids is 2. The highest BCUT2D eigenvalue weighted by atomic mass is 16.4. The number of hydrogen-bond donors (Lipinski definition) is 2. The summed E-state index contributed by atoms with van der Waals surface area (Å²) in [7, 11) is 1.89. The molecule has 19 heavy (non-hydrogen) atoms. The molecule has 0 radical (unpaired) electrons. The molecule has 0 amide bonds. The predicted octanol–water partition coefficient (Wildman–Crippen LogP) is -0.682. The molecule has 1 aromatic rings. The van der Waals surface area contributed by atoms with Crippen LogP contribution >= 0.6 is 0 Å². The largest absolute Gasteiger partial charge is 0.473 e. The molecule has 2 aliphatic rings. The number of carbonyl (C=O) groups is 2. The van der Waals surface area contributed by atoms with Gasteiger partial charge in [-0.25, -0.2) is 9.59 Å². The Balaban J connectivity index is 0.000000192. The zero-order chi connectivity index (χ0) is 14.0. The van der Waals surface area contributed by atoms with Gasteiger partial charge in [-0.15, -0.1) is 0 Å². The quantitative estimate of drug-likeness (QED) is 0.649. The first-order valence-corrected chi connectivity index (χ1v) is 5.98. The van der Waals surface area contributed by atoms with E-state index in [1.54, 1.807) is 4.80 Å². The molecule has 0 spiro atoms. The topological polar surface area (TPSA) is 109 Å². The van der Waals surface area contributed by atoms with Crippen molar-refractivity contribution < 1.29 is 19.8 Å². The molecule has 2 saturated heterocycles. The second kappa shape index (κ2) is 4.96. The normalized spacial score (nSPS) is 27.7. The standard InChI is InChI=1S/C9H14N4.C2H2O4/c1-12-10-6-8(11-12)9-2-4-13(7-9)5-3-9;3-1(4)2(5)6/h6H,2-5,7H2,1H3;(H,3,4)(H,5,6). The van der Waals surface area contributed by atoms with Crippen molar-refractivity contribution in [3.05, 3.63) is 11.9 Å². The van der Waals surface area contributed by atoms with E-state index in [0.29, 0.717) is 5.41 Å². The number of aryl methyl sites for hydroxylation is 1. The molecule has 0 unspecified atom stereocenters. The van der Waals surface area contributed by atoms with Crippen LogP contribution in [0.3, 0.4) is 0 Å². The molecule has 8 heteroatoms. The first-order chi connectivity index (χ1) is 8.93. The van der Waals surface area contributed by atoms with Gasteiger partial charge in [0.15, 0.2) is 0 Å². The van der Waals surface area contributed by atoms with Crippen LogP contribution in [0.25, 0.3) is 0 Å². The Bertz CT molecular complexity index is 479. The van der Waals surface area contributed by atoms with Gasteiger partial charge in [0.25, 0.3) is 0 Å². The highest BCUT2D eigenvalue weighted by Crippen LogP contribution is 2.41. The summed E-state index contributed by atoms with van der Waals surface area (Å²) in [5, 5.41) is 23.4. The zero-order valence-corrected chi connectivity index (χ0v) is 10.6. The molecule has 104 valence electrons. The summed E-state index contributed by atoms with van der Waals surface area (Å²) >= 11 is 0. The monoisotopic (exact) mass is 268 g/mol. The van der Waals surface area contributed by atoms with E-state index in [0.717, 1.165) is 0 Å². The number of rotatable bonds is 1. The summed E-state index contributed by atoms with van der Waals surface area (Å²) in [6, 6.07) is 0. The lowest BCUT2D eigenvalue weighted by atomic mass is 9.82. The molecule has 0 aromatic carbocycles. The van der Waals surface area contributed by atoms with Crippen molar-refractivity contribution in [1.29, 1.82) is 0 Å². The molecule has 2 bridgehead atoms. The van der Waals surface area contributed by atoms with Crippen molar-refractivity contribution in [3.8, 4) is 0 Å². The third-order valence-electron chi connectivity index (χ3n) is 3.67. The average Bonchev–Trinajstić information content (AvgIpc) is 3.04. The SMILES string of the molecule is Cn1ncc(C23CCN(CC2)C3)n1.O=C(O)C(=O)O. The summed E-state index contributed by atoms with van der Waals surface area (Å²) in [5.41, 5.74) is 1.56. The first-order valence-electron chi connectivity index (χ1n) is 5.98. The molecule has 2 N–H and O–H groups in total. The number of piperidine rings is 1. The fourth-order valence-electron chi connectivity index (χ4n) is 2.65. The van der Waals surface area contributed by atoms with Crippen LogP contribution in [0.1, 0.15) is 18.5 Å². The van der Waals surface area contributed by atoms with Crippen LogP contribution in [0.4, 0.5) is 0 Å². The molecule has 0 saturated carbocycles. The van der Waals surface area contributed by atoms with Crippen molar-refractivity contribution in [2.75, 3.05) is 19.6 Å². The van der Waals surface area contributed by atoms with Crippen LogP contribution < -0.4 is 0 Å². The van der Waals surface area contributed by atoms with Crippen LogP contribution in [0.5, 0.6) is 0 Å². The van der Waals surface area contributed by atoms with Gasteiger partial charge in [0.1, 0.15) is 0 Å². The number of aromatic nitrogens is 3. The molecular weight excluding hydrogens is 252 g/mol. The van der Waals surface area contributed by atoms with Gasteiger partial charge in [-0.3, -0.25) is 0 Å². The van der Waals surface area contributed by atoms with E-state index in [4.69, 9.17) is 19.8 Å². The van der Waals surface area contributed by atoms with Gasteiger partial charge in [-0.05, 0) is 25.9 Å². The summed E-state index contributed by atoms with van der Waals surface area (Å²) < 4.78 is 0. The fourth-order valence-corrected chi connectivity index (χ4v) is 2.65. The maximum absolute atomic E-state index is 9.10. The van der Waals surface area contributed by atoms with Gasteiger partial charge in [-0.2, -0.15) is 15.0 Å². The summed E-state index contributed by atoms with van der Waals surface area (Å²) in [6.07, 6.45) is 4.48. The van der Waals surface area contributed by atoms with Crippen LogP contribution in [0, 0.1) is 0 Å². The zero-order valence-electron chi connectivity index (χ0n) is 10.6.